The molecule has 2 rings (SSSR count). The first-order valence-corrected chi connectivity index (χ1v) is 6.53. The lowest BCUT2D eigenvalue weighted by molar-refractivity contribution is 0.209. The number of benzene rings is 1. The van der Waals surface area contributed by atoms with Gasteiger partial charge in [-0.05, 0) is 30.2 Å². The molecule has 0 bridgehead atoms. The molecule has 0 spiro atoms. The highest BCUT2D eigenvalue weighted by Crippen LogP contribution is 2.32. The van der Waals surface area contributed by atoms with E-state index in [9.17, 15) is 5.11 Å². The number of ether oxygens (including phenoxy) is 2. The molecule has 20 heavy (non-hydrogen) atoms. The SMILES string of the molecule is CCc1cc(C(O)c2ccc(OC)c(OC)c2)n(C)n1. The molecular weight excluding hydrogens is 256 g/mol. The van der Waals surface area contributed by atoms with Crippen molar-refractivity contribution in [3.63, 3.8) is 0 Å². The zero-order valence-electron chi connectivity index (χ0n) is 12.3. The minimum absolute atomic E-state index is 0.599. The van der Waals surface area contributed by atoms with Gasteiger partial charge in [0.2, 0.25) is 0 Å². The van der Waals surface area contributed by atoms with Crippen LogP contribution in [0.25, 0.3) is 0 Å². The zero-order valence-corrected chi connectivity index (χ0v) is 12.3. The molecule has 0 radical (unpaired) electrons. The number of aliphatic hydroxyl groups excluding tert-OH is 1. The highest BCUT2D eigenvalue weighted by molar-refractivity contribution is 5.44. The molecule has 0 fully saturated rings. The van der Waals surface area contributed by atoms with Gasteiger partial charge < -0.3 is 14.6 Å². The first-order chi connectivity index (χ1) is 9.60. The van der Waals surface area contributed by atoms with Gasteiger partial charge in [0, 0.05) is 7.05 Å². The highest BCUT2D eigenvalue weighted by Gasteiger charge is 2.17. The van der Waals surface area contributed by atoms with Gasteiger partial charge in [-0.25, -0.2) is 0 Å². The van der Waals surface area contributed by atoms with E-state index in [-0.39, 0.29) is 0 Å². The third-order valence-corrected chi connectivity index (χ3v) is 3.33. The van der Waals surface area contributed by atoms with Gasteiger partial charge >= 0.3 is 0 Å². The second-order valence-electron chi connectivity index (χ2n) is 4.55. The Labute approximate surface area is 118 Å². The summed E-state index contributed by atoms with van der Waals surface area (Å²) in [4.78, 5) is 0. The number of methoxy groups -OCH3 is 2. The first kappa shape index (κ1) is 14.4. The number of rotatable bonds is 5. The van der Waals surface area contributed by atoms with E-state index in [0.29, 0.717) is 11.5 Å². The molecule has 5 heteroatoms. The van der Waals surface area contributed by atoms with Crippen molar-refractivity contribution in [2.75, 3.05) is 14.2 Å². The van der Waals surface area contributed by atoms with Crippen molar-refractivity contribution >= 4 is 0 Å². The van der Waals surface area contributed by atoms with Gasteiger partial charge in [-0.3, -0.25) is 4.68 Å². The Balaban J connectivity index is 2.37. The van der Waals surface area contributed by atoms with Crippen LogP contribution in [0.3, 0.4) is 0 Å². The molecule has 1 N–H and O–H groups in total. The lowest BCUT2D eigenvalue weighted by atomic mass is 10.1. The molecule has 2 aromatic rings. The molecule has 1 aromatic heterocycles. The van der Waals surface area contributed by atoms with Gasteiger partial charge in [0.05, 0.1) is 25.6 Å². The summed E-state index contributed by atoms with van der Waals surface area (Å²) in [5.74, 6) is 1.24. The summed E-state index contributed by atoms with van der Waals surface area (Å²) in [7, 11) is 4.99. The molecule has 1 unspecified atom stereocenters. The maximum atomic E-state index is 10.5. The molecule has 0 aliphatic heterocycles. The third kappa shape index (κ3) is 2.63. The summed E-state index contributed by atoms with van der Waals surface area (Å²) >= 11 is 0. The molecule has 1 aromatic carbocycles. The minimum Gasteiger partial charge on any atom is -0.493 e. The van der Waals surface area contributed by atoms with E-state index in [2.05, 4.69) is 5.10 Å². The number of nitrogens with zero attached hydrogens (tertiary/aromatic N) is 2. The largest absolute Gasteiger partial charge is 0.493 e. The van der Waals surface area contributed by atoms with E-state index in [4.69, 9.17) is 9.47 Å². The number of aromatic nitrogens is 2. The number of hydrogen-bond acceptors (Lipinski definition) is 4. The van der Waals surface area contributed by atoms with Crippen LogP contribution in [0.1, 0.15) is 30.0 Å². The normalized spacial score (nSPS) is 12.2. The van der Waals surface area contributed by atoms with Gasteiger partial charge in [0.1, 0.15) is 6.10 Å². The molecular formula is C15H20N2O3. The summed E-state index contributed by atoms with van der Waals surface area (Å²) in [5, 5.41) is 14.9. The maximum absolute atomic E-state index is 10.5. The van der Waals surface area contributed by atoms with Crippen LogP contribution in [0.5, 0.6) is 11.5 Å². The summed E-state index contributed by atoms with van der Waals surface area (Å²) < 4.78 is 12.2. The first-order valence-electron chi connectivity index (χ1n) is 6.53. The van der Waals surface area contributed by atoms with Crippen molar-refractivity contribution in [3.8, 4) is 11.5 Å². The van der Waals surface area contributed by atoms with Crippen LogP contribution < -0.4 is 9.47 Å². The summed E-state index contributed by atoms with van der Waals surface area (Å²) in [6, 6.07) is 7.31. The second kappa shape index (κ2) is 5.96. The van der Waals surface area contributed by atoms with E-state index >= 15 is 0 Å². The molecule has 108 valence electrons. The molecule has 1 atom stereocenters. The van der Waals surface area contributed by atoms with Crippen molar-refractivity contribution in [2.45, 2.75) is 19.4 Å². The van der Waals surface area contributed by atoms with E-state index in [1.807, 2.05) is 26.1 Å². The standard InChI is InChI=1S/C15H20N2O3/c1-5-11-9-12(17(2)16-11)15(18)10-6-7-13(19-3)14(8-10)20-4/h6-9,15,18H,5H2,1-4H3. The second-order valence-corrected chi connectivity index (χ2v) is 4.55. The summed E-state index contributed by atoms with van der Waals surface area (Å²) in [5.41, 5.74) is 2.46. The maximum Gasteiger partial charge on any atom is 0.161 e. The van der Waals surface area contributed by atoms with Crippen molar-refractivity contribution < 1.29 is 14.6 Å². The predicted molar refractivity (Wildman–Crippen MR) is 76.2 cm³/mol. The summed E-state index contributed by atoms with van der Waals surface area (Å²) in [6.07, 6.45) is 0.0968. The van der Waals surface area contributed by atoms with Crippen LogP contribution in [-0.4, -0.2) is 29.1 Å². The third-order valence-electron chi connectivity index (χ3n) is 3.33. The topological polar surface area (TPSA) is 56.5 Å². The molecule has 0 aliphatic carbocycles. The number of aliphatic hydroxyl groups is 1. The van der Waals surface area contributed by atoms with E-state index < -0.39 is 6.10 Å². The molecule has 0 saturated carbocycles. The van der Waals surface area contributed by atoms with Crippen LogP contribution >= 0.6 is 0 Å². The van der Waals surface area contributed by atoms with Crippen LogP contribution in [0, 0.1) is 0 Å². The van der Waals surface area contributed by atoms with Gasteiger partial charge in [0.15, 0.2) is 11.5 Å². The monoisotopic (exact) mass is 276 g/mol. The fraction of sp³-hybridized carbons (Fsp3) is 0.400. The Morgan fingerprint density at radius 3 is 2.45 bits per heavy atom. The molecule has 1 heterocycles. The van der Waals surface area contributed by atoms with Crippen LogP contribution in [-0.2, 0) is 13.5 Å². The van der Waals surface area contributed by atoms with Crippen LogP contribution in [0.15, 0.2) is 24.3 Å². The van der Waals surface area contributed by atoms with Crippen LogP contribution in [0.4, 0.5) is 0 Å². The number of hydrogen-bond donors (Lipinski definition) is 1. The highest BCUT2D eigenvalue weighted by atomic mass is 16.5. The zero-order chi connectivity index (χ0) is 14.7. The molecule has 0 aliphatic rings. The smallest absolute Gasteiger partial charge is 0.161 e. The van der Waals surface area contributed by atoms with E-state index in [1.54, 1.807) is 31.0 Å². The van der Waals surface area contributed by atoms with Crippen molar-refractivity contribution in [2.24, 2.45) is 7.05 Å². The molecule has 0 amide bonds. The van der Waals surface area contributed by atoms with Crippen molar-refractivity contribution in [3.05, 3.63) is 41.2 Å². The van der Waals surface area contributed by atoms with E-state index in [0.717, 1.165) is 23.4 Å². The molecule has 5 nitrogen and oxygen atoms in total. The minimum atomic E-state index is -0.743. The van der Waals surface area contributed by atoms with Crippen LogP contribution in [0.2, 0.25) is 0 Å². The Hall–Kier alpha value is -2.01. The Bertz CT molecular complexity index is 593. The fourth-order valence-electron chi connectivity index (χ4n) is 2.17. The Kier molecular flexibility index (Phi) is 4.29. The Morgan fingerprint density at radius 1 is 1.20 bits per heavy atom. The lowest BCUT2D eigenvalue weighted by Crippen LogP contribution is -2.07. The van der Waals surface area contributed by atoms with Crippen molar-refractivity contribution in [1.82, 2.24) is 9.78 Å². The van der Waals surface area contributed by atoms with E-state index in [1.165, 1.54) is 0 Å². The Morgan fingerprint density at radius 2 is 1.90 bits per heavy atom. The van der Waals surface area contributed by atoms with Gasteiger partial charge in [-0.1, -0.05) is 13.0 Å². The average molecular weight is 276 g/mol. The quantitative estimate of drug-likeness (QED) is 0.908. The lowest BCUT2D eigenvalue weighted by Gasteiger charge is -2.14. The molecule has 0 saturated heterocycles. The van der Waals surface area contributed by atoms with Gasteiger partial charge in [-0.15, -0.1) is 0 Å². The van der Waals surface area contributed by atoms with Gasteiger partial charge in [-0.2, -0.15) is 5.10 Å². The number of aryl methyl sites for hydroxylation is 2. The summed E-state index contributed by atoms with van der Waals surface area (Å²) in [6.45, 7) is 2.04. The van der Waals surface area contributed by atoms with Crippen molar-refractivity contribution in [1.29, 1.82) is 0 Å². The fourth-order valence-corrected chi connectivity index (χ4v) is 2.17. The predicted octanol–water partition coefficient (Wildman–Crippen LogP) is 2.08. The van der Waals surface area contributed by atoms with Gasteiger partial charge in [0.25, 0.3) is 0 Å². The average Bonchev–Trinajstić information content (AvgIpc) is 2.86.